The Balaban J connectivity index is 1.34. The second kappa shape index (κ2) is 11.2. The van der Waals surface area contributed by atoms with Gasteiger partial charge in [-0.15, -0.1) is 0 Å². The van der Waals surface area contributed by atoms with E-state index in [0.717, 1.165) is 78.1 Å². The van der Waals surface area contributed by atoms with Gasteiger partial charge in [-0.2, -0.15) is 0 Å². The normalized spacial score (nSPS) is 14.7. The highest BCUT2D eigenvalue weighted by Gasteiger charge is 2.30. The number of hydrogen-bond acceptors (Lipinski definition) is 5. The van der Waals surface area contributed by atoms with Crippen molar-refractivity contribution in [3.63, 3.8) is 0 Å². The molecule has 3 aromatic carbocycles. The summed E-state index contributed by atoms with van der Waals surface area (Å²) in [7, 11) is 3.49. The first-order valence-corrected chi connectivity index (χ1v) is 12.9. The molecule has 1 aromatic heterocycles. The van der Waals surface area contributed by atoms with Crippen LogP contribution in [0.4, 0.5) is 0 Å². The second-order valence-corrected chi connectivity index (χ2v) is 9.72. The van der Waals surface area contributed by atoms with Gasteiger partial charge in [-0.25, -0.2) is 4.98 Å². The summed E-state index contributed by atoms with van der Waals surface area (Å²) in [6.45, 7) is 8.88. The Morgan fingerprint density at radius 2 is 1.35 bits per heavy atom. The summed E-state index contributed by atoms with van der Waals surface area (Å²) < 4.78 is 11.6. The standard InChI is InChI=1S/C31H36N4O2/c1-22-13-15-24(16-14-22)31-32-23(2)27(33-31)21-34-17-19-35(20-18-34)30(25-9-5-7-11-28(25)36-3)26-10-6-8-12-29(26)37-4/h5-16,30H,17-21H2,1-4H3,(H,32,33). The van der Waals surface area contributed by atoms with E-state index >= 15 is 0 Å². The predicted molar refractivity (Wildman–Crippen MR) is 148 cm³/mol. The van der Waals surface area contributed by atoms with E-state index in [1.165, 1.54) is 5.56 Å². The van der Waals surface area contributed by atoms with Crippen LogP contribution in [-0.4, -0.2) is 60.2 Å². The van der Waals surface area contributed by atoms with E-state index in [0.29, 0.717) is 0 Å². The fourth-order valence-electron chi connectivity index (χ4n) is 5.24. The molecule has 6 nitrogen and oxygen atoms in total. The number of methoxy groups -OCH3 is 2. The smallest absolute Gasteiger partial charge is 0.137 e. The molecule has 1 aliphatic heterocycles. The lowest BCUT2D eigenvalue weighted by Gasteiger charge is -2.40. The molecule has 1 aliphatic rings. The van der Waals surface area contributed by atoms with Gasteiger partial charge in [0.2, 0.25) is 0 Å². The molecule has 37 heavy (non-hydrogen) atoms. The summed E-state index contributed by atoms with van der Waals surface area (Å²) in [4.78, 5) is 13.5. The van der Waals surface area contributed by atoms with Crippen molar-refractivity contribution in [1.82, 2.24) is 19.8 Å². The van der Waals surface area contributed by atoms with Crippen LogP contribution in [0.5, 0.6) is 11.5 Å². The molecule has 0 saturated carbocycles. The van der Waals surface area contributed by atoms with Gasteiger partial charge < -0.3 is 14.5 Å². The molecule has 0 amide bonds. The molecule has 0 radical (unpaired) electrons. The summed E-state index contributed by atoms with van der Waals surface area (Å²) in [6, 6.07) is 25.2. The zero-order valence-corrected chi connectivity index (χ0v) is 22.2. The van der Waals surface area contributed by atoms with Crippen LogP contribution in [0.3, 0.4) is 0 Å². The van der Waals surface area contributed by atoms with Crippen molar-refractivity contribution in [2.75, 3.05) is 40.4 Å². The molecule has 0 bridgehead atoms. The number of rotatable bonds is 8. The zero-order chi connectivity index (χ0) is 25.8. The van der Waals surface area contributed by atoms with Gasteiger partial charge in [-0.3, -0.25) is 9.80 Å². The van der Waals surface area contributed by atoms with Crippen molar-refractivity contribution in [1.29, 1.82) is 0 Å². The van der Waals surface area contributed by atoms with Crippen LogP contribution in [0.25, 0.3) is 11.4 Å². The van der Waals surface area contributed by atoms with E-state index < -0.39 is 0 Å². The molecule has 6 heteroatoms. The van der Waals surface area contributed by atoms with Crippen LogP contribution >= 0.6 is 0 Å². The number of para-hydroxylation sites is 2. The van der Waals surface area contributed by atoms with Gasteiger partial charge in [0.25, 0.3) is 0 Å². The first-order chi connectivity index (χ1) is 18.1. The average Bonchev–Trinajstić information content (AvgIpc) is 3.30. The lowest BCUT2D eigenvalue weighted by molar-refractivity contribution is 0.102. The van der Waals surface area contributed by atoms with E-state index in [2.05, 4.69) is 77.2 Å². The number of aromatic amines is 1. The van der Waals surface area contributed by atoms with Crippen molar-refractivity contribution in [3.05, 3.63) is 101 Å². The zero-order valence-electron chi connectivity index (χ0n) is 22.2. The lowest BCUT2D eigenvalue weighted by atomic mass is 9.94. The van der Waals surface area contributed by atoms with Crippen molar-refractivity contribution >= 4 is 0 Å². The third-order valence-corrected chi connectivity index (χ3v) is 7.32. The summed E-state index contributed by atoms with van der Waals surface area (Å²) in [5.74, 6) is 2.74. The number of imidazole rings is 1. The maximum atomic E-state index is 5.78. The maximum Gasteiger partial charge on any atom is 0.137 e. The Morgan fingerprint density at radius 1 is 0.784 bits per heavy atom. The van der Waals surface area contributed by atoms with E-state index in [9.17, 15) is 0 Å². The molecular formula is C31H36N4O2. The van der Waals surface area contributed by atoms with Gasteiger partial charge in [0.05, 0.1) is 26.0 Å². The highest BCUT2D eigenvalue weighted by atomic mass is 16.5. The van der Waals surface area contributed by atoms with Crippen molar-refractivity contribution in [3.8, 4) is 22.9 Å². The van der Waals surface area contributed by atoms with E-state index in [1.807, 2.05) is 24.3 Å². The van der Waals surface area contributed by atoms with Crippen molar-refractivity contribution in [2.45, 2.75) is 26.4 Å². The van der Waals surface area contributed by atoms with Crippen LogP contribution in [-0.2, 0) is 6.54 Å². The number of H-pyrrole nitrogens is 1. The fourth-order valence-corrected chi connectivity index (χ4v) is 5.24. The maximum absolute atomic E-state index is 5.78. The monoisotopic (exact) mass is 496 g/mol. The van der Waals surface area contributed by atoms with Crippen LogP contribution in [0, 0.1) is 13.8 Å². The molecule has 1 fully saturated rings. The fraction of sp³-hybridized carbons (Fsp3) is 0.323. The van der Waals surface area contributed by atoms with Crippen LogP contribution < -0.4 is 9.47 Å². The summed E-state index contributed by atoms with van der Waals surface area (Å²) in [5.41, 5.74) is 6.96. The number of aryl methyl sites for hydroxylation is 2. The summed E-state index contributed by atoms with van der Waals surface area (Å²) in [6.07, 6.45) is 0. The van der Waals surface area contributed by atoms with Crippen LogP contribution in [0.2, 0.25) is 0 Å². The predicted octanol–water partition coefficient (Wildman–Crippen LogP) is 5.62. The highest BCUT2D eigenvalue weighted by Crippen LogP contribution is 2.39. The highest BCUT2D eigenvalue weighted by molar-refractivity contribution is 5.56. The minimum atomic E-state index is 0.0507. The van der Waals surface area contributed by atoms with Gasteiger partial charge in [0.1, 0.15) is 17.3 Å². The van der Waals surface area contributed by atoms with E-state index in [-0.39, 0.29) is 6.04 Å². The van der Waals surface area contributed by atoms with Crippen LogP contribution in [0.1, 0.15) is 34.1 Å². The first-order valence-electron chi connectivity index (χ1n) is 12.9. The molecule has 1 saturated heterocycles. The number of ether oxygens (including phenoxy) is 2. The topological polar surface area (TPSA) is 53.6 Å². The Labute approximate surface area is 219 Å². The summed E-state index contributed by atoms with van der Waals surface area (Å²) >= 11 is 0. The minimum Gasteiger partial charge on any atom is -0.496 e. The Bertz CT molecular complexity index is 1280. The molecule has 2 heterocycles. The number of nitrogens with zero attached hydrogens (tertiary/aromatic N) is 3. The van der Waals surface area contributed by atoms with Gasteiger partial charge in [-0.05, 0) is 26.0 Å². The van der Waals surface area contributed by atoms with Crippen molar-refractivity contribution in [2.24, 2.45) is 0 Å². The molecule has 4 aromatic rings. The SMILES string of the molecule is COc1ccccc1C(c1ccccc1OC)N1CCN(Cc2nc(-c3ccc(C)cc3)[nH]c2C)CC1. The third kappa shape index (κ3) is 5.41. The molecule has 192 valence electrons. The van der Waals surface area contributed by atoms with Crippen LogP contribution in [0.15, 0.2) is 72.8 Å². The molecule has 1 N–H and O–H groups in total. The Kier molecular flexibility index (Phi) is 7.58. The molecule has 0 atom stereocenters. The third-order valence-electron chi connectivity index (χ3n) is 7.32. The largest absolute Gasteiger partial charge is 0.496 e. The summed E-state index contributed by atoms with van der Waals surface area (Å²) in [5, 5.41) is 0. The Hall–Kier alpha value is -3.61. The number of nitrogens with one attached hydrogen (secondary N) is 1. The van der Waals surface area contributed by atoms with E-state index in [4.69, 9.17) is 14.5 Å². The van der Waals surface area contributed by atoms with Gasteiger partial charge in [0, 0.05) is 55.1 Å². The number of piperazine rings is 1. The molecule has 0 unspecified atom stereocenters. The first kappa shape index (κ1) is 25.1. The van der Waals surface area contributed by atoms with Crippen molar-refractivity contribution < 1.29 is 9.47 Å². The van der Waals surface area contributed by atoms with Gasteiger partial charge in [0.15, 0.2) is 0 Å². The average molecular weight is 497 g/mol. The second-order valence-electron chi connectivity index (χ2n) is 9.72. The minimum absolute atomic E-state index is 0.0507. The lowest BCUT2D eigenvalue weighted by Crippen LogP contribution is -2.47. The number of benzene rings is 3. The quantitative estimate of drug-likeness (QED) is 0.343. The molecule has 0 aliphatic carbocycles. The Morgan fingerprint density at radius 3 is 1.92 bits per heavy atom. The molecule has 5 rings (SSSR count). The van der Waals surface area contributed by atoms with E-state index in [1.54, 1.807) is 14.2 Å². The number of hydrogen-bond donors (Lipinski definition) is 1. The van der Waals surface area contributed by atoms with Gasteiger partial charge >= 0.3 is 0 Å². The molecular weight excluding hydrogens is 460 g/mol. The molecule has 0 spiro atoms. The van der Waals surface area contributed by atoms with Gasteiger partial charge in [-0.1, -0.05) is 66.2 Å². The number of aromatic nitrogens is 2.